The number of allylic oxidation sites excluding steroid dienone is 1. The Kier molecular flexibility index (Phi) is 8.51. The molecule has 1 aromatic carbocycles. The molecule has 0 radical (unpaired) electrons. The van der Waals surface area contributed by atoms with Gasteiger partial charge in [-0.05, 0) is 31.9 Å². The molecule has 2 aliphatic heterocycles. The van der Waals surface area contributed by atoms with Crippen molar-refractivity contribution in [1.29, 1.82) is 0 Å². The first-order valence-corrected chi connectivity index (χ1v) is 11.7. The van der Waals surface area contributed by atoms with Crippen molar-refractivity contribution in [2.45, 2.75) is 45.7 Å². The lowest BCUT2D eigenvalue weighted by atomic mass is 10.1. The van der Waals surface area contributed by atoms with Crippen LogP contribution in [0.15, 0.2) is 65.8 Å². The summed E-state index contributed by atoms with van der Waals surface area (Å²) in [6.07, 6.45) is 9.20. The highest BCUT2D eigenvalue weighted by Crippen LogP contribution is 2.21. The fourth-order valence-electron chi connectivity index (χ4n) is 3.98. The SMILES string of the molecule is C=CCN(CCC)C1=CC(C)(N/N=C/c2cccc(C)c2)NC(OCCN2C(=O)CCC2=O)=C1. The quantitative estimate of drug-likeness (QED) is 0.214. The van der Waals surface area contributed by atoms with E-state index in [0.29, 0.717) is 12.4 Å². The molecule has 1 atom stereocenters. The second-order valence-corrected chi connectivity index (χ2v) is 8.71. The van der Waals surface area contributed by atoms with Crippen molar-refractivity contribution in [3.05, 3.63) is 71.8 Å². The number of hydrazone groups is 1. The summed E-state index contributed by atoms with van der Waals surface area (Å²) < 4.78 is 5.97. The number of likely N-dealkylation sites (tertiary alicyclic amines) is 1. The van der Waals surface area contributed by atoms with Crippen LogP contribution in [0.5, 0.6) is 0 Å². The molecule has 0 aromatic heterocycles. The highest BCUT2D eigenvalue weighted by molar-refractivity contribution is 6.01. The van der Waals surface area contributed by atoms with Crippen LogP contribution in [0.3, 0.4) is 0 Å². The first-order chi connectivity index (χ1) is 16.3. The van der Waals surface area contributed by atoms with Gasteiger partial charge in [-0.2, -0.15) is 5.10 Å². The van der Waals surface area contributed by atoms with E-state index in [1.807, 2.05) is 44.2 Å². The molecule has 1 aromatic rings. The monoisotopic (exact) mass is 465 g/mol. The van der Waals surface area contributed by atoms with E-state index in [0.717, 1.165) is 24.2 Å². The highest BCUT2D eigenvalue weighted by atomic mass is 16.5. The second kappa shape index (κ2) is 11.5. The third-order valence-corrected chi connectivity index (χ3v) is 5.59. The van der Waals surface area contributed by atoms with Gasteiger partial charge in [0.25, 0.3) is 0 Å². The number of aryl methyl sites for hydroxylation is 1. The van der Waals surface area contributed by atoms with Gasteiger partial charge in [-0.3, -0.25) is 19.9 Å². The van der Waals surface area contributed by atoms with Crippen LogP contribution < -0.4 is 10.7 Å². The van der Waals surface area contributed by atoms with Crippen LogP contribution in [0.1, 0.15) is 44.2 Å². The topological polar surface area (TPSA) is 86.3 Å². The third-order valence-electron chi connectivity index (χ3n) is 5.59. The number of carbonyl (C=O) groups is 2. The Hall–Kier alpha value is -3.55. The zero-order chi connectivity index (χ0) is 24.6. The summed E-state index contributed by atoms with van der Waals surface area (Å²) in [5.41, 5.74) is 5.63. The Morgan fingerprint density at radius 2 is 2.09 bits per heavy atom. The molecule has 2 aliphatic rings. The van der Waals surface area contributed by atoms with Crippen LogP contribution in [-0.2, 0) is 14.3 Å². The highest BCUT2D eigenvalue weighted by Gasteiger charge is 2.30. The van der Waals surface area contributed by atoms with Gasteiger partial charge in [0.05, 0.1) is 12.8 Å². The van der Waals surface area contributed by atoms with Crippen LogP contribution in [0, 0.1) is 6.92 Å². The molecule has 1 saturated heterocycles. The van der Waals surface area contributed by atoms with E-state index >= 15 is 0 Å². The third kappa shape index (κ3) is 6.73. The lowest BCUT2D eigenvalue weighted by Crippen LogP contribution is -2.53. The number of hydrogen-bond acceptors (Lipinski definition) is 7. The van der Waals surface area contributed by atoms with Crippen molar-refractivity contribution in [2.75, 3.05) is 26.2 Å². The van der Waals surface area contributed by atoms with Gasteiger partial charge in [-0.1, -0.05) is 42.8 Å². The first kappa shape index (κ1) is 25.1. The minimum atomic E-state index is -0.716. The van der Waals surface area contributed by atoms with Gasteiger partial charge in [-0.25, -0.2) is 0 Å². The van der Waals surface area contributed by atoms with E-state index in [1.54, 1.807) is 6.21 Å². The van der Waals surface area contributed by atoms with E-state index in [1.165, 1.54) is 10.5 Å². The van der Waals surface area contributed by atoms with Crippen molar-refractivity contribution < 1.29 is 14.3 Å². The molecular formula is C26H35N5O3. The average Bonchev–Trinajstić information content (AvgIpc) is 3.11. The van der Waals surface area contributed by atoms with Crippen molar-refractivity contribution >= 4 is 18.0 Å². The number of nitrogens with one attached hydrogen (secondary N) is 2. The summed E-state index contributed by atoms with van der Waals surface area (Å²) in [6, 6.07) is 8.10. The molecule has 8 heteroatoms. The Labute approximate surface area is 202 Å². The van der Waals surface area contributed by atoms with E-state index in [-0.39, 0.29) is 37.8 Å². The van der Waals surface area contributed by atoms with E-state index in [9.17, 15) is 9.59 Å². The number of imide groups is 1. The summed E-state index contributed by atoms with van der Waals surface area (Å²) in [4.78, 5) is 27.2. The number of benzene rings is 1. The number of hydrogen-bond donors (Lipinski definition) is 2. The molecular weight excluding hydrogens is 430 g/mol. The Balaban J connectivity index is 1.74. The summed E-state index contributed by atoms with van der Waals surface area (Å²) in [5, 5.41) is 7.80. The van der Waals surface area contributed by atoms with Crippen LogP contribution in [0.25, 0.3) is 0 Å². The van der Waals surface area contributed by atoms with Crippen molar-refractivity contribution in [1.82, 2.24) is 20.5 Å². The van der Waals surface area contributed by atoms with E-state index in [2.05, 4.69) is 46.4 Å². The van der Waals surface area contributed by atoms with Gasteiger partial charge in [0.1, 0.15) is 12.3 Å². The van der Waals surface area contributed by atoms with Crippen molar-refractivity contribution in [3.8, 4) is 0 Å². The zero-order valence-corrected chi connectivity index (χ0v) is 20.3. The molecule has 34 heavy (non-hydrogen) atoms. The Morgan fingerprint density at radius 3 is 2.76 bits per heavy atom. The minimum absolute atomic E-state index is 0.142. The number of ether oxygens (including phenoxy) is 1. The number of amides is 2. The number of dihydropyridines is 1. The largest absolute Gasteiger partial charge is 0.477 e. The summed E-state index contributed by atoms with van der Waals surface area (Å²) in [7, 11) is 0. The van der Waals surface area contributed by atoms with Crippen LogP contribution in [-0.4, -0.2) is 59.7 Å². The molecule has 1 unspecified atom stereocenters. The molecule has 1 fully saturated rings. The van der Waals surface area contributed by atoms with Gasteiger partial charge in [-0.15, -0.1) is 6.58 Å². The second-order valence-electron chi connectivity index (χ2n) is 8.71. The maximum absolute atomic E-state index is 11.9. The molecule has 8 nitrogen and oxygen atoms in total. The average molecular weight is 466 g/mol. The van der Waals surface area contributed by atoms with Crippen LogP contribution in [0.2, 0.25) is 0 Å². The molecule has 2 heterocycles. The standard InChI is InChI=1S/C26H35N5O3/c1-5-12-30(13-6-2)22-17-23(34-15-14-31-24(32)10-11-25(31)33)28-26(4,18-22)29-27-19-21-9-7-8-20(3)16-21/h5,7-9,16-19,28-29H,1,6,10-15H2,2-4H3/b27-19+. The number of nitrogens with zero attached hydrogens (tertiary/aromatic N) is 3. The molecule has 0 aliphatic carbocycles. The van der Waals surface area contributed by atoms with Gasteiger partial charge >= 0.3 is 0 Å². The van der Waals surface area contributed by atoms with Crippen molar-refractivity contribution in [3.63, 3.8) is 0 Å². The maximum Gasteiger partial charge on any atom is 0.229 e. The molecule has 0 spiro atoms. The van der Waals surface area contributed by atoms with Gasteiger partial charge in [0, 0.05) is 37.7 Å². The summed E-state index contributed by atoms with van der Waals surface area (Å²) >= 11 is 0. The summed E-state index contributed by atoms with van der Waals surface area (Å²) in [5.74, 6) is 0.260. The van der Waals surface area contributed by atoms with Gasteiger partial charge in [0.15, 0.2) is 5.88 Å². The lowest BCUT2D eigenvalue weighted by Gasteiger charge is -2.36. The summed E-state index contributed by atoms with van der Waals surface area (Å²) in [6.45, 7) is 12.0. The molecule has 2 N–H and O–H groups in total. The number of rotatable bonds is 12. The molecule has 3 rings (SSSR count). The normalized spacial score (nSPS) is 20.1. The van der Waals surface area contributed by atoms with Gasteiger partial charge in [0.2, 0.25) is 11.8 Å². The Bertz CT molecular complexity index is 984. The van der Waals surface area contributed by atoms with Crippen molar-refractivity contribution in [2.24, 2.45) is 5.10 Å². The van der Waals surface area contributed by atoms with Crippen LogP contribution in [0.4, 0.5) is 0 Å². The predicted octanol–water partition coefficient (Wildman–Crippen LogP) is 3.03. The Morgan fingerprint density at radius 1 is 1.32 bits per heavy atom. The molecule has 182 valence electrons. The fraction of sp³-hybridized carbons (Fsp3) is 0.423. The molecule has 0 saturated carbocycles. The minimum Gasteiger partial charge on any atom is -0.477 e. The zero-order valence-electron chi connectivity index (χ0n) is 20.3. The van der Waals surface area contributed by atoms with E-state index in [4.69, 9.17) is 4.74 Å². The predicted molar refractivity (Wildman–Crippen MR) is 134 cm³/mol. The number of carbonyl (C=O) groups excluding carboxylic acids is 2. The fourth-order valence-corrected chi connectivity index (χ4v) is 3.98. The maximum atomic E-state index is 11.9. The smallest absolute Gasteiger partial charge is 0.229 e. The van der Waals surface area contributed by atoms with Crippen LogP contribution >= 0.6 is 0 Å². The van der Waals surface area contributed by atoms with E-state index < -0.39 is 5.66 Å². The molecule has 0 bridgehead atoms. The van der Waals surface area contributed by atoms with Gasteiger partial charge < -0.3 is 15.0 Å². The first-order valence-electron chi connectivity index (χ1n) is 11.7. The lowest BCUT2D eigenvalue weighted by molar-refractivity contribution is -0.139. The molecule has 2 amide bonds.